The molecule has 1 aromatic rings. The van der Waals surface area contributed by atoms with Gasteiger partial charge in [0.05, 0.1) is 0 Å². The van der Waals surface area contributed by atoms with Crippen LogP contribution in [0.25, 0.3) is 0 Å². The van der Waals surface area contributed by atoms with Crippen LogP contribution in [0.5, 0.6) is 0 Å². The molecule has 1 N–H and O–H groups in total. The van der Waals surface area contributed by atoms with Crippen LogP contribution in [0.2, 0.25) is 0 Å². The summed E-state index contributed by atoms with van der Waals surface area (Å²) in [6.07, 6.45) is -1.60. The fraction of sp³-hybridized carbons (Fsp3) is 0.538. The molecular formula is C13H18F3N. The molecule has 0 radical (unpaired) electrons. The number of hydrogen-bond donors (Lipinski definition) is 1. The lowest BCUT2D eigenvalue weighted by molar-refractivity contribution is 0.0243. The van der Waals surface area contributed by atoms with E-state index >= 15 is 0 Å². The Morgan fingerprint density at radius 2 is 2.00 bits per heavy atom. The molecule has 0 aliphatic rings. The Kier molecular flexibility index (Phi) is 5.00. The van der Waals surface area contributed by atoms with E-state index < -0.39 is 17.8 Å². The largest absolute Gasteiger partial charge is 0.303 e. The summed E-state index contributed by atoms with van der Waals surface area (Å²) >= 11 is 0. The fourth-order valence-corrected chi connectivity index (χ4v) is 1.90. The third-order valence-corrected chi connectivity index (χ3v) is 2.96. The summed E-state index contributed by atoms with van der Waals surface area (Å²) < 4.78 is 39.8. The van der Waals surface area contributed by atoms with E-state index in [0.717, 1.165) is 6.42 Å². The minimum Gasteiger partial charge on any atom is -0.303 e. The molecule has 0 aromatic heterocycles. The SMILES string of the molecule is CCCNC(CC)(c1cccc(F)c1)C(F)F. The van der Waals surface area contributed by atoms with Gasteiger partial charge < -0.3 is 5.32 Å². The lowest BCUT2D eigenvalue weighted by Gasteiger charge is -2.33. The van der Waals surface area contributed by atoms with Gasteiger partial charge in [0, 0.05) is 0 Å². The Morgan fingerprint density at radius 3 is 2.47 bits per heavy atom. The average Bonchev–Trinajstić information content (AvgIpc) is 2.30. The Bertz CT molecular complexity index is 354. The summed E-state index contributed by atoms with van der Waals surface area (Å²) in [5.74, 6) is -0.487. The van der Waals surface area contributed by atoms with E-state index in [1.165, 1.54) is 18.2 Å². The maximum Gasteiger partial charge on any atom is 0.260 e. The summed E-state index contributed by atoms with van der Waals surface area (Å²) in [6, 6.07) is 5.44. The summed E-state index contributed by atoms with van der Waals surface area (Å²) in [5, 5.41) is 2.86. The predicted octanol–water partition coefficient (Wildman–Crippen LogP) is 3.70. The lowest BCUT2D eigenvalue weighted by atomic mass is 9.87. The molecule has 0 saturated carbocycles. The number of rotatable bonds is 6. The molecule has 1 aromatic carbocycles. The molecule has 1 unspecified atom stereocenters. The lowest BCUT2D eigenvalue weighted by Crippen LogP contribution is -2.48. The van der Waals surface area contributed by atoms with Gasteiger partial charge in [-0.15, -0.1) is 0 Å². The molecule has 0 spiro atoms. The highest BCUT2D eigenvalue weighted by Gasteiger charge is 2.39. The van der Waals surface area contributed by atoms with Crippen LogP contribution in [0.3, 0.4) is 0 Å². The second kappa shape index (κ2) is 6.05. The molecule has 1 rings (SSSR count). The van der Waals surface area contributed by atoms with Crippen LogP contribution in [-0.4, -0.2) is 13.0 Å². The first-order valence-corrected chi connectivity index (χ1v) is 5.86. The van der Waals surface area contributed by atoms with Crippen molar-refractivity contribution in [2.24, 2.45) is 0 Å². The predicted molar refractivity (Wildman–Crippen MR) is 62.7 cm³/mol. The fourth-order valence-electron chi connectivity index (χ4n) is 1.90. The Morgan fingerprint density at radius 1 is 1.29 bits per heavy atom. The van der Waals surface area contributed by atoms with Gasteiger partial charge in [0.1, 0.15) is 11.4 Å². The van der Waals surface area contributed by atoms with Crippen LogP contribution in [0.15, 0.2) is 24.3 Å². The first-order chi connectivity index (χ1) is 8.06. The van der Waals surface area contributed by atoms with Gasteiger partial charge in [0.15, 0.2) is 0 Å². The highest BCUT2D eigenvalue weighted by molar-refractivity contribution is 5.26. The molecular weight excluding hydrogens is 227 g/mol. The molecule has 0 amide bonds. The average molecular weight is 245 g/mol. The zero-order valence-electron chi connectivity index (χ0n) is 10.1. The molecule has 4 heteroatoms. The van der Waals surface area contributed by atoms with Gasteiger partial charge in [-0.1, -0.05) is 26.0 Å². The molecule has 17 heavy (non-hydrogen) atoms. The van der Waals surface area contributed by atoms with Gasteiger partial charge in [-0.25, -0.2) is 13.2 Å². The maximum absolute atomic E-state index is 13.3. The highest BCUT2D eigenvalue weighted by atomic mass is 19.3. The number of halogens is 3. The topological polar surface area (TPSA) is 12.0 Å². The molecule has 0 aliphatic carbocycles. The monoisotopic (exact) mass is 245 g/mol. The molecule has 0 heterocycles. The first-order valence-electron chi connectivity index (χ1n) is 5.86. The van der Waals surface area contributed by atoms with Gasteiger partial charge in [0.25, 0.3) is 6.43 Å². The third kappa shape index (κ3) is 3.00. The van der Waals surface area contributed by atoms with Crippen LogP contribution < -0.4 is 5.32 Å². The molecule has 96 valence electrons. The van der Waals surface area contributed by atoms with E-state index in [1.807, 2.05) is 6.92 Å². The Balaban J connectivity index is 3.12. The van der Waals surface area contributed by atoms with Crippen LogP contribution >= 0.6 is 0 Å². The van der Waals surface area contributed by atoms with E-state index in [4.69, 9.17) is 0 Å². The zero-order chi connectivity index (χ0) is 12.9. The first kappa shape index (κ1) is 14.0. The number of hydrogen-bond acceptors (Lipinski definition) is 1. The number of benzene rings is 1. The second-order valence-electron chi connectivity index (χ2n) is 4.06. The minimum atomic E-state index is -2.57. The van der Waals surface area contributed by atoms with Crippen molar-refractivity contribution in [3.8, 4) is 0 Å². The highest BCUT2D eigenvalue weighted by Crippen LogP contribution is 2.32. The van der Waals surface area contributed by atoms with E-state index in [0.29, 0.717) is 12.1 Å². The number of nitrogens with one attached hydrogen (secondary N) is 1. The van der Waals surface area contributed by atoms with E-state index in [2.05, 4.69) is 5.32 Å². The van der Waals surface area contributed by atoms with Crippen molar-refractivity contribution in [1.82, 2.24) is 5.32 Å². The quantitative estimate of drug-likeness (QED) is 0.805. The molecule has 0 aliphatic heterocycles. The molecule has 0 fully saturated rings. The van der Waals surface area contributed by atoms with Gasteiger partial charge in [0.2, 0.25) is 0 Å². The Labute approximate surface area is 100 Å². The van der Waals surface area contributed by atoms with Gasteiger partial charge in [-0.2, -0.15) is 0 Å². The summed E-state index contributed by atoms with van der Waals surface area (Å²) in [7, 11) is 0. The molecule has 1 atom stereocenters. The van der Waals surface area contributed by atoms with Crippen molar-refractivity contribution in [1.29, 1.82) is 0 Å². The summed E-state index contributed by atoms with van der Waals surface area (Å²) in [6.45, 7) is 4.07. The number of alkyl halides is 2. The summed E-state index contributed by atoms with van der Waals surface area (Å²) in [4.78, 5) is 0. The summed E-state index contributed by atoms with van der Waals surface area (Å²) in [5.41, 5.74) is -1.14. The minimum absolute atomic E-state index is 0.216. The van der Waals surface area contributed by atoms with Crippen LogP contribution in [0.4, 0.5) is 13.2 Å². The van der Waals surface area contributed by atoms with E-state index in [9.17, 15) is 13.2 Å². The van der Waals surface area contributed by atoms with Crippen molar-refractivity contribution < 1.29 is 13.2 Å². The van der Waals surface area contributed by atoms with Crippen molar-refractivity contribution >= 4 is 0 Å². The van der Waals surface area contributed by atoms with Gasteiger partial charge in [-0.3, -0.25) is 0 Å². The van der Waals surface area contributed by atoms with E-state index in [-0.39, 0.29) is 6.42 Å². The molecule has 0 bridgehead atoms. The van der Waals surface area contributed by atoms with E-state index in [1.54, 1.807) is 13.0 Å². The smallest absolute Gasteiger partial charge is 0.260 e. The Hall–Kier alpha value is -1.03. The van der Waals surface area contributed by atoms with Crippen molar-refractivity contribution in [3.05, 3.63) is 35.6 Å². The standard InChI is InChI=1S/C13H18F3N/c1-3-8-17-13(4-2,12(15)16)10-6-5-7-11(14)9-10/h5-7,9,12,17H,3-4,8H2,1-2H3. The molecule has 0 saturated heterocycles. The van der Waals surface area contributed by atoms with Gasteiger partial charge >= 0.3 is 0 Å². The van der Waals surface area contributed by atoms with Crippen molar-refractivity contribution in [2.75, 3.05) is 6.54 Å². The van der Waals surface area contributed by atoms with Crippen molar-refractivity contribution in [2.45, 2.75) is 38.7 Å². The van der Waals surface area contributed by atoms with Crippen LogP contribution in [0.1, 0.15) is 32.3 Å². The normalized spacial score (nSPS) is 14.9. The maximum atomic E-state index is 13.3. The zero-order valence-corrected chi connectivity index (χ0v) is 10.1. The van der Waals surface area contributed by atoms with Crippen molar-refractivity contribution in [3.63, 3.8) is 0 Å². The molecule has 1 nitrogen and oxygen atoms in total. The second-order valence-corrected chi connectivity index (χ2v) is 4.06. The van der Waals surface area contributed by atoms with Crippen LogP contribution in [0, 0.1) is 5.82 Å². The van der Waals surface area contributed by atoms with Gasteiger partial charge in [-0.05, 0) is 37.1 Å². The van der Waals surface area contributed by atoms with Crippen LogP contribution in [-0.2, 0) is 5.54 Å². The third-order valence-electron chi connectivity index (χ3n) is 2.96.